The third-order valence-corrected chi connectivity index (χ3v) is 7.05. The lowest BCUT2D eigenvalue weighted by atomic mass is 9.96. The van der Waals surface area contributed by atoms with Gasteiger partial charge in [0.1, 0.15) is 0 Å². The Hall–Kier alpha value is -2.57. The normalized spacial score (nSPS) is 20.3. The molecule has 1 aliphatic heterocycles. The first-order chi connectivity index (χ1) is 14.0. The minimum absolute atomic E-state index is 0.0222. The van der Waals surface area contributed by atoms with Crippen molar-refractivity contribution in [3.05, 3.63) is 59.1 Å². The topological polar surface area (TPSA) is 63.5 Å². The van der Waals surface area contributed by atoms with Crippen LogP contribution in [0.3, 0.4) is 0 Å². The van der Waals surface area contributed by atoms with Gasteiger partial charge >= 0.3 is 0 Å². The van der Waals surface area contributed by atoms with Crippen LogP contribution in [-0.2, 0) is 4.79 Å². The number of anilines is 1. The van der Waals surface area contributed by atoms with Gasteiger partial charge in [0.15, 0.2) is 11.8 Å². The van der Waals surface area contributed by atoms with Crippen LogP contribution in [0.1, 0.15) is 48.0 Å². The highest BCUT2D eigenvalue weighted by Gasteiger charge is 2.31. The number of hydrogen-bond donors (Lipinski definition) is 2. The van der Waals surface area contributed by atoms with Crippen LogP contribution in [-0.4, -0.2) is 35.8 Å². The zero-order chi connectivity index (χ0) is 20.4. The molecule has 0 aliphatic carbocycles. The number of carbonyl (C=O) groups excluding carboxylic acids is 2. The summed E-state index contributed by atoms with van der Waals surface area (Å²) in [6.45, 7) is 5.47. The molecular formula is C23H26N3O2S+. The average Bonchev–Trinajstić information content (AvgIpc) is 3.18. The van der Waals surface area contributed by atoms with E-state index in [9.17, 15) is 9.59 Å². The van der Waals surface area contributed by atoms with E-state index in [0.717, 1.165) is 37.1 Å². The van der Waals surface area contributed by atoms with E-state index in [-0.39, 0.29) is 17.7 Å². The SMILES string of the molecule is CC(=O)c1ccc(NC(=O)[C@H](C)[NH+]2CCC(c3nc4ccccc4s3)CC2)cc1. The maximum absolute atomic E-state index is 12.7. The number of amides is 1. The number of piperidine rings is 1. The van der Waals surface area contributed by atoms with E-state index in [0.29, 0.717) is 11.5 Å². The lowest BCUT2D eigenvalue weighted by Gasteiger charge is -2.31. The van der Waals surface area contributed by atoms with E-state index in [4.69, 9.17) is 4.98 Å². The lowest BCUT2D eigenvalue weighted by Crippen LogP contribution is -3.17. The predicted molar refractivity (Wildman–Crippen MR) is 117 cm³/mol. The van der Waals surface area contributed by atoms with Crippen LogP contribution in [0, 0.1) is 0 Å². The quantitative estimate of drug-likeness (QED) is 0.637. The summed E-state index contributed by atoms with van der Waals surface area (Å²) >= 11 is 1.80. The fourth-order valence-corrected chi connectivity index (χ4v) is 5.09. The highest BCUT2D eigenvalue weighted by Crippen LogP contribution is 2.31. The van der Waals surface area contributed by atoms with Crippen LogP contribution in [0.25, 0.3) is 10.2 Å². The first-order valence-corrected chi connectivity index (χ1v) is 10.9. The molecule has 1 amide bonds. The molecule has 2 aromatic carbocycles. The highest BCUT2D eigenvalue weighted by molar-refractivity contribution is 7.18. The summed E-state index contributed by atoms with van der Waals surface area (Å²) in [4.78, 5) is 30.2. The van der Waals surface area contributed by atoms with Crippen LogP contribution >= 0.6 is 11.3 Å². The number of hydrogen-bond acceptors (Lipinski definition) is 4. The summed E-state index contributed by atoms with van der Waals surface area (Å²) in [6.07, 6.45) is 2.11. The maximum atomic E-state index is 12.7. The number of fused-ring (bicyclic) bond motifs is 1. The summed E-state index contributed by atoms with van der Waals surface area (Å²) < 4.78 is 1.25. The highest BCUT2D eigenvalue weighted by atomic mass is 32.1. The van der Waals surface area contributed by atoms with E-state index in [1.54, 1.807) is 35.6 Å². The second kappa shape index (κ2) is 8.43. The Morgan fingerprint density at radius 2 is 1.79 bits per heavy atom. The first kappa shape index (κ1) is 19.7. The Kier molecular flexibility index (Phi) is 5.74. The van der Waals surface area contributed by atoms with Gasteiger partial charge in [0.2, 0.25) is 0 Å². The molecule has 6 heteroatoms. The number of Topliss-reactive ketones (excluding diaryl/α,β-unsaturated/α-hetero) is 1. The monoisotopic (exact) mass is 408 g/mol. The molecule has 1 saturated heterocycles. The molecule has 2 heterocycles. The van der Waals surface area contributed by atoms with Gasteiger partial charge in [-0.2, -0.15) is 0 Å². The number of carbonyl (C=O) groups is 2. The molecule has 4 rings (SSSR count). The zero-order valence-corrected chi connectivity index (χ0v) is 17.6. The summed E-state index contributed by atoms with van der Waals surface area (Å²) in [5.74, 6) is 0.538. The Bertz CT molecular complexity index is 987. The minimum atomic E-state index is -0.112. The number of rotatable bonds is 5. The molecule has 0 bridgehead atoms. The minimum Gasteiger partial charge on any atom is -0.325 e. The Morgan fingerprint density at radius 1 is 1.10 bits per heavy atom. The van der Waals surface area contributed by atoms with Crippen LogP contribution in [0.5, 0.6) is 0 Å². The van der Waals surface area contributed by atoms with E-state index in [1.165, 1.54) is 21.5 Å². The van der Waals surface area contributed by atoms with Crippen molar-refractivity contribution >= 4 is 38.9 Å². The van der Waals surface area contributed by atoms with Crippen molar-refractivity contribution in [2.45, 2.75) is 38.6 Å². The molecule has 5 nitrogen and oxygen atoms in total. The number of ketones is 1. The van der Waals surface area contributed by atoms with Crippen molar-refractivity contribution in [1.29, 1.82) is 0 Å². The fourth-order valence-electron chi connectivity index (χ4n) is 3.96. The Balaban J connectivity index is 1.33. The van der Waals surface area contributed by atoms with Gasteiger partial charge in [-0.3, -0.25) is 9.59 Å². The van der Waals surface area contributed by atoms with Gasteiger partial charge in [-0.05, 0) is 50.2 Å². The summed E-state index contributed by atoms with van der Waals surface area (Å²) in [6, 6.07) is 15.3. The van der Waals surface area contributed by atoms with Crippen LogP contribution < -0.4 is 10.2 Å². The van der Waals surface area contributed by atoms with E-state index >= 15 is 0 Å². The van der Waals surface area contributed by atoms with Gasteiger partial charge < -0.3 is 10.2 Å². The van der Waals surface area contributed by atoms with Crippen molar-refractivity contribution in [2.75, 3.05) is 18.4 Å². The van der Waals surface area contributed by atoms with Crippen LogP contribution in [0.15, 0.2) is 48.5 Å². The largest absolute Gasteiger partial charge is 0.325 e. The number of benzene rings is 2. The van der Waals surface area contributed by atoms with Crippen molar-refractivity contribution in [3.63, 3.8) is 0 Å². The number of aromatic nitrogens is 1. The molecule has 2 N–H and O–H groups in total. The molecular weight excluding hydrogens is 382 g/mol. The van der Waals surface area contributed by atoms with Gasteiger partial charge in [-0.1, -0.05) is 12.1 Å². The van der Waals surface area contributed by atoms with Crippen LogP contribution in [0.4, 0.5) is 5.69 Å². The molecule has 1 atom stereocenters. The van der Waals surface area contributed by atoms with E-state index in [2.05, 4.69) is 23.5 Å². The number of nitrogens with zero attached hydrogens (tertiary/aromatic N) is 1. The van der Waals surface area contributed by atoms with Crippen LogP contribution in [0.2, 0.25) is 0 Å². The second-order valence-electron chi connectivity index (χ2n) is 7.80. The summed E-state index contributed by atoms with van der Waals surface area (Å²) in [5, 5.41) is 4.21. The van der Waals surface area contributed by atoms with E-state index < -0.39 is 0 Å². The number of para-hydroxylation sites is 1. The Labute approximate surface area is 174 Å². The number of likely N-dealkylation sites (tertiary alicyclic amines) is 1. The molecule has 0 radical (unpaired) electrons. The molecule has 0 unspecified atom stereocenters. The predicted octanol–water partition coefficient (Wildman–Crippen LogP) is 3.29. The van der Waals surface area contributed by atoms with E-state index in [1.807, 2.05) is 13.0 Å². The molecule has 0 saturated carbocycles. The lowest BCUT2D eigenvalue weighted by molar-refractivity contribution is -0.919. The molecule has 29 heavy (non-hydrogen) atoms. The zero-order valence-electron chi connectivity index (χ0n) is 16.8. The van der Waals surface area contributed by atoms with Crippen molar-refractivity contribution in [1.82, 2.24) is 4.98 Å². The third-order valence-electron chi connectivity index (χ3n) is 5.85. The van der Waals surface area contributed by atoms with Gasteiger partial charge in [0, 0.05) is 30.0 Å². The van der Waals surface area contributed by atoms with Gasteiger partial charge in [-0.15, -0.1) is 11.3 Å². The molecule has 150 valence electrons. The average molecular weight is 409 g/mol. The molecule has 3 aromatic rings. The second-order valence-corrected chi connectivity index (χ2v) is 8.86. The smallest absolute Gasteiger partial charge is 0.282 e. The number of nitrogens with one attached hydrogen (secondary N) is 2. The van der Waals surface area contributed by atoms with Gasteiger partial charge in [0.25, 0.3) is 5.91 Å². The standard InChI is InChI=1S/C23H25N3O2S/c1-15(22(28)24-19-9-7-17(8-10-19)16(2)27)26-13-11-18(12-14-26)23-25-20-5-3-4-6-21(20)29-23/h3-10,15,18H,11-14H2,1-2H3,(H,24,28)/p+1/t15-/m0/s1. The number of quaternary nitrogens is 1. The van der Waals surface area contributed by atoms with Crippen molar-refractivity contribution in [2.24, 2.45) is 0 Å². The Morgan fingerprint density at radius 3 is 2.45 bits per heavy atom. The fraction of sp³-hybridized carbons (Fsp3) is 0.348. The summed E-state index contributed by atoms with van der Waals surface area (Å²) in [7, 11) is 0. The van der Waals surface area contributed by atoms with Crippen molar-refractivity contribution in [3.8, 4) is 0 Å². The number of thiazole rings is 1. The third kappa shape index (κ3) is 4.38. The molecule has 1 aromatic heterocycles. The molecule has 0 spiro atoms. The molecule has 1 aliphatic rings. The first-order valence-electron chi connectivity index (χ1n) is 10.1. The van der Waals surface area contributed by atoms with Gasteiger partial charge in [0.05, 0.1) is 28.3 Å². The summed E-state index contributed by atoms with van der Waals surface area (Å²) in [5.41, 5.74) is 2.47. The van der Waals surface area contributed by atoms with Gasteiger partial charge in [-0.25, -0.2) is 4.98 Å². The molecule has 1 fully saturated rings. The van der Waals surface area contributed by atoms with Crippen molar-refractivity contribution < 1.29 is 14.5 Å². The maximum Gasteiger partial charge on any atom is 0.282 e.